The number of aryl methyl sites for hydroxylation is 1. The van der Waals surface area contributed by atoms with Crippen LogP contribution in [0.4, 0.5) is 5.82 Å². The second-order valence-electron chi connectivity index (χ2n) is 5.90. The molecule has 0 saturated carbocycles. The predicted molar refractivity (Wildman–Crippen MR) is 94.1 cm³/mol. The summed E-state index contributed by atoms with van der Waals surface area (Å²) in [5.41, 5.74) is 1.79. The van der Waals surface area contributed by atoms with Crippen molar-refractivity contribution < 1.29 is 14.3 Å². The molecule has 0 fully saturated rings. The highest BCUT2D eigenvalue weighted by Gasteiger charge is 2.28. The maximum Gasteiger partial charge on any atom is 0.240 e. The Morgan fingerprint density at radius 2 is 2.12 bits per heavy atom. The molecule has 2 heterocycles. The molecule has 0 radical (unpaired) electrons. The zero-order valence-corrected chi connectivity index (χ0v) is 14.3. The average molecular weight is 342 g/mol. The molecular weight excluding hydrogens is 320 g/mol. The van der Waals surface area contributed by atoms with Gasteiger partial charge in [0.1, 0.15) is 12.4 Å². The van der Waals surface area contributed by atoms with Crippen molar-refractivity contribution in [3.8, 4) is 11.3 Å². The molecule has 1 aromatic heterocycles. The van der Waals surface area contributed by atoms with Gasteiger partial charge in [0.25, 0.3) is 0 Å². The Morgan fingerprint density at radius 1 is 1.32 bits per heavy atom. The third kappa shape index (κ3) is 4.06. The Bertz CT molecular complexity index is 742. The Kier molecular flexibility index (Phi) is 5.45. The number of nitrogens with one attached hydrogen (secondary N) is 1. The van der Waals surface area contributed by atoms with Gasteiger partial charge >= 0.3 is 0 Å². The van der Waals surface area contributed by atoms with E-state index in [2.05, 4.69) is 10.4 Å². The van der Waals surface area contributed by atoms with Crippen molar-refractivity contribution in [2.24, 2.45) is 0 Å². The van der Waals surface area contributed by atoms with Crippen LogP contribution in [0, 0.1) is 0 Å². The summed E-state index contributed by atoms with van der Waals surface area (Å²) < 4.78 is 6.75. The number of methoxy groups -OCH3 is 1. The summed E-state index contributed by atoms with van der Waals surface area (Å²) in [6, 6.07) is 11.7. The third-order valence-electron chi connectivity index (χ3n) is 4.09. The van der Waals surface area contributed by atoms with E-state index in [0.717, 1.165) is 17.7 Å². The number of anilines is 1. The summed E-state index contributed by atoms with van der Waals surface area (Å²) in [4.78, 5) is 25.9. The molecule has 7 heteroatoms. The van der Waals surface area contributed by atoms with Crippen LogP contribution in [0.1, 0.15) is 12.8 Å². The van der Waals surface area contributed by atoms with Crippen LogP contribution in [0.3, 0.4) is 0 Å². The van der Waals surface area contributed by atoms with Crippen LogP contribution in [0.5, 0.6) is 0 Å². The van der Waals surface area contributed by atoms with E-state index >= 15 is 0 Å². The van der Waals surface area contributed by atoms with Crippen LogP contribution in [-0.4, -0.2) is 48.4 Å². The number of fused-ring (bicyclic) bond motifs is 1. The molecule has 3 rings (SSSR count). The molecule has 25 heavy (non-hydrogen) atoms. The lowest BCUT2D eigenvalue weighted by Gasteiger charge is -2.26. The summed E-state index contributed by atoms with van der Waals surface area (Å²) in [6.07, 6.45) is 1.09. The van der Waals surface area contributed by atoms with Gasteiger partial charge in [-0.3, -0.25) is 14.5 Å². The van der Waals surface area contributed by atoms with E-state index in [9.17, 15) is 9.59 Å². The minimum atomic E-state index is -0.180. The van der Waals surface area contributed by atoms with Crippen molar-refractivity contribution in [2.75, 3.05) is 31.7 Å². The van der Waals surface area contributed by atoms with E-state index in [1.807, 2.05) is 36.4 Å². The molecule has 2 amide bonds. The van der Waals surface area contributed by atoms with E-state index < -0.39 is 0 Å². The van der Waals surface area contributed by atoms with E-state index in [1.165, 1.54) is 4.90 Å². The zero-order valence-electron chi connectivity index (χ0n) is 14.3. The summed E-state index contributed by atoms with van der Waals surface area (Å²) in [6.45, 7) is 1.66. The normalized spacial score (nSPS) is 13.6. The first-order valence-electron chi connectivity index (χ1n) is 8.38. The molecule has 1 N–H and O–H groups in total. The second-order valence-corrected chi connectivity index (χ2v) is 5.90. The first kappa shape index (κ1) is 17.2. The topological polar surface area (TPSA) is 76.5 Å². The number of nitrogens with zero attached hydrogens (tertiary/aromatic N) is 3. The summed E-state index contributed by atoms with van der Waals surface area (Å²) in [5, 5.41) is 7.39. The molecule has 2 aromatic rings. The predicted octanol–water partition coefficient (Wildman–Crippen LogP) is 1.44. The number of carbonyl (C=O) groups is 2. The highest BCUT2D eigenvalue weighted by Crippen LogP contribution is 2.27. The quantitative estimate of drug-likeness (QED) is 0.773. The lowest BCUT2D eigenvalue weighted by atomic mass is 10.1. The molecule has 0 saturated heterocycles. The average Bonchev–Trinajstić information content (AvgIpc) is 3.07. The Balaban J connectivity index is 1.72. The monoisotopic (exact) mass is 342 g/mol. The number of ether oxygens (including phenoxy) is 1. The smallest absolute Gasteiger partial charge is 0.240 e. The molecule has 0 unspecified atom stereocenters. The van der Waals surface area contributed by atoms with Crippen molar-refractivity contribution in [1.29, 1.82) is 0 Å². The van der Waals surface area contributed by atoms with Gasteiger partial charge in [-0.15, -0.1) is 0 Å². The largest absolute Gasteiger partial charge is 0.385 e. The van der Waals surface area contributed by atoms with Gasteiger partial charge in [0.2, 0.25) is 11.8 Å². The first-order valence-corrected chi connectivity index (χ1v) is 8.38. The van der Waals surface area contributed by atoms with Gasteiger partial charge in [0.05, 0.1) is 12.2 Å². The van der Waals surface area contributed by atoms with Crippen LogP contribution in [0.25, 0.3) is 11.3 Å². The molecule has 0 aliphatic carbocycles. The van der Waals surface area contributed by atoms with Crippen molar-refractivity contribution >= 4 is 17.6 Å². The molecule has 0 bridgehead atoms. The number of benzene rings is 1. The molecule has 1 aromatic carbocycles. The van der Waals surface area contributed by atoms with Gasteiger partial charge < -0.3 is 10.1 Å². The van der Waals surface area contributed by atoms with Gasteiger partial charge in [-0.05, 0) is 6.42 Å². The van der Waals surface area contributed by atoms with Gasteiger partial charge in [0, 0.05) is 38.3 Å². The maximum atomic E-state index is 12.3. The maximum absolute atomic E-state index is 12.3. The lowest BCUT2D eigenvalue weighted by molar-refractivity contribution is -0.124. The minimum absolute atomic E-state index is 0.00569. The van der Waals surface area contributed by atoms with Gasteiger partial charge in [0.15, 0.2) is 0 Å². The molecule has 1 aliphatic rings. The highest BCUT2D eigenvalue weighted by molar-refractivity contribution is 5.99. The number of carbonyl (C=O) groups excluding carboxylic acids is 2. The van der Waals surface area contributed by atoms with Gasteiger partial charge in [-0.25, -0.2) is 4.68 Å². The summed E-state index contributed by atoms with van der Waals surface area (Å²) >= 11 is 0. The van der Waals surface area contributed by atoms with E-state index in [1.54, 1.807) is 11.8 Å². The molecule has 132 valence electrons. The van der Waals surface area contributed by atoms with E-state index in [4.69, 9.17) is 4.74 Å². The summed E-state index contributed by atoms with van der Waals surface area (Å²) in [7, 11) is 1.62. The molecule has 0 atom stereocenters. The zero-order chi connectivity index (χ0) is 17.6. The van der Waals surface area contributed by atoms with Crippen molar-refractivity contribution in [2.45, 2.75) is 19.4 Å². The fourth-order valence-corrected chi connectivity index (χ4v) is 2.82. The first-order chi connectivity index (χ1) is 12.2. The standard InChI is InChI=1S/C18H22N4O3/c1-25-11-5-9-19-16(23)13-21-17-12-15(14-6-3-2-4-7-14)20-22(17)10-8-18(21)24/h2-4,6-7,12H,5,8-11,13H2,1H3,(H,19,23). The number of hydrogen-bond donors (Lipinski definition) is 1. The molecular formula is C18H22N4O3. The highest BCUT2D eigenvalue weighted by atomic mass is 16.5. The third-order valence-corrected chi connectivity index (χ3v) is 4.09. The van der Waals surface area contributed by atoms with E-state index in [0.29, 0.717) is 31.9 Å². The van der Waals surface area contributed by atoms with Crippen LogP contribution < -0.4 is 10.2 Å². The van der Waals surface area contributed by atoms with Crippen molar-refractivity contribution in [3.05, 3.63) is 36.4 Å². The fraction of sp³-hybridized carbons (Fsp3) is 0.389. The number of aromatic nitrogens is 2. The molecule has 1 aliphatic heterocycles. The SMILES string of the molecule is COCCCNC(=O)CN1C(=O)CCn2nc(-c3ccccc3)cc21. The Labute approximate surface area is 146 Å². The van der Waals surface area contributed by atoms with Crippen LogP contribution in [-0.2, 0) is 20.9 Å². The Morgan fingerprint density at radius 3 is 2.88 bits per heavy atom. The second kappa shape index (κ2) is 7.94. The van der Waals surface area contributed by atoms with Crippen LogP contribution >= 0.6 is 0 Å². The minimum Gasteiger partial charge on any atom is -0.385 e. The van der Waals surface area contributed by atoms with Gasteiger partial charge in [-0.2, -0.15) is 5.10 Å². The number of amides is 2. The molecule has 0 spiro atoms. The van der Waals surface area contributed by atoms with Gasteiger partial charge in [-0.1, -0.05) is 30.3 Å². The van der Waals surface area contributed by atoms with Crippen LogP contribution in [0.15, 0.2) is 36.4 Å². The fourth-order valence-electron chi connectivity index (χ4n) is 2.82. The van der Waals surface area contributed by atoms with E-state index in [-0.39, 0.29) is 18.4 Å². The lowest BCUT2D eigenvalue weighted by Crippen LogP contribution is -2.44. The van der Waals surface area contributed by atoms with Crippen LogP contribution in [0.2, 0.25) is 0 Å². The Hall–Kier alpha value is -2.67. The van der Waals surface area contributed by atoms with Crippen molar-refractivity contribution in [3.63, 3.8) is 0 Å². The molecule has 7 nitrogen and oxygen atoms in total. The number of rotatable bonds is 7. The summed E-state index contributed by atoms with van der Waals surface area (Å²) in [5.74, 6) is 0.432. The number of hydrogen-bond acceptors (Lipinski definition) is 4. The van der Waals surface area contributed by atoms with Crippen molar-refractivity contribution in [1.82, 2.24) is 15.1 Å².